The summed E-state index contributed by atoms with van der Waals surface area (Å²) >= 11 is 0. The molecule has 9 aromatic rings. The van der Waals surface area contributed by atoms with Crippen LogP contribution < -0.4 is 62.6 Å². The lowest BCUT2D eigenvalue weighted by atomic mass is 10.2. The van der Waals surface area contributed by atoms with E-state index in [4.69, 9.17) is 9.47 Å². The fraction of sp³-hybridized carbons (Fsp3) is 0.0635. The van der Waals surface area contributed by atoms with E-state index in [-0.39, 0.29) is 37.7 Å². The highest BCUT2D eigenvalue weighted by Gasteiger charge is 2.21. The molecule has 0 aliphatic carbocycles. The smallest absolute Gasteiger partial charge is 0.417 e. The molecule has 0 bridgehead atoms. The lowest BCUT2D eigenvalue weighted by molar-refractivity contribution is 0.215. The monoisotopic (exact) mass is 1190 g/mol. The normalized spacial score (nSPS) is 11.0. The van der Waals surface area contributed by atoms with E-state index in [0.29, 0.717) is 56.9 Å². The molecule has 9 amide bonds. The van der Waals surface area contributed by atoms with E-state index < -0.39 is 49.9 Å². The molecule has 0 heterocycles. The summed E-state index contributed by atoms with van der Waals surface area (Å²) < 4.78 is 65.3. The topological polar surface area (TPSA) is 292 Å². The van der Waals surface area contributed by atoms with Crippen molar-refractivity contribution in [1.29, 1.82) is 0 Å². The first kappa shape index (κ1) is 59.5. The molecule has 0 atom stereocenters. The Morgan fingerprint density at radius 1 is 0.326 bits per heavy atom. The van der Waals surface area contributed by atoms with Gasteiger partial charge in [-0.25, -0.2) is 40.8 Å². The molecule has 0 unspecified atom stereocenters. The van der Waals surface area contributed by atoms with Crippen molar-refractivity contribution in [2.45, 2.75) is 40.4 Å². The zero-order valence-electron chi connectivity index (χ0n) is 46.2. The van der Waals surface area contributed by atoms with Crippen molar-refractivity contribution < 1.29 is 50.3 Å². The number of para-hydroxylation sites is 2. The maximum Gasteiger partial charge on any atom is 0.417 e. The third-order valence-electron chi connectivity index (χ3n) is 12.9. The summed E-state index contributed by atoms with van der Waals surface area (Å²) in [4.78, 5) is 64.3. The Balaban J connectivity index is 0.715. The molecule has 0 saturated carbocycles. The lowest BCUT2D eigenvalue weighted by Crippen LogP contribution is -2.21. The molecule has 0 aliphatic rings. The third-order valence-corrected chi connectivity index (χ3v) is 16.4. The van der Waals surface area contributed by atoms with Gasteiger partial charge >= 0.3 is 30.2 Å². The van der Waals surface area contributed by atoms with Crippen molar-refractivity contribution in [3.05, 3.63) is 229 Å². The van der Waals surface area contributed by atoms with Crippen LogP contribution in [-0.4, -0.2) is 53.8 Å². The van der Waals surface area contributed by atoms with Crippen LogP contribution in [0, 0.1) is 20.8 Å². The van der Waals surface area contributed by atoms with Gasteiger partial charge in [-0.05, 0) is 195 Å². The van der Waals surface area contributed by atoms with Gasteiger partial charge in [0.2, 0.25) is 19.7 Å². The maximum atomic E-state index is 13.6. The quantitative estimate of drug-likeness (QED) is 0.0359. The van der Waals surface area contributed by atoms with E-state index in [9.17, 15) is 40.8 Å². The maximum absolute atomic E-state index is 13.6. The van der Waals surface area contributed by atoms with Gasteiger partial charge < -0.3 is 57.3 Å². The summed E-state index contributed by atoms with van der Waals surface area (Å²) in [6.45, 7) is 5.67. The number of rotatable bonds is 18. The number of sulfone groups is 2. The zero-order chi connectivity index (χ0) is 60.8. The first-order valence-corrected chi connectivity index (χ1v) is 29.3. The Labute approximate surface area is 495 Å². The van der Waals surface area contributed by atoms with Gasteiger partial charge in [0, 0.05) is 56.9 Å². The molecule has 0 spiro atoms. The average Bonchev–Trinajstić information content (AvgIpc) is 1.60. The van der Waals surface area contributed by atoms with Gasteiger partial charge in [-0.1, -0.05) is 54.6 Å². The number of hydrogen-bond donors (Lipinski definition) is 10. The number of hydrogen-bond acceptors (Lipinski definition) is 12. The van der Waals surface area contributed by atoms with Crippen LogP contribution in [-0.2, 0) is 19.7 Å². The minimum Gasteiger partial charge on any atom is -0.473 e. The van der Waals surface area contributed by atoms with Crippen molar-refractivity contribution in [1.82, 2.24) is 0 Å². The second kappa shape index (κ2) is 26.8. The molecule has 21 nitrogen and oxygen atoms in total. The number of anilines is 10. The Bertz CT molecular complexity index is 4180. The van der Waals surface area contributed by atoms with Crippen molar-refractivity contribution in [2.24, 2.45) is 0 Å². The fourth-order valence-electron chi connectivity index (χ4n) is 8.31. The number of carbonyl (C=O) groups excluding carboxylic acids is 5. The molecule has 0 aliphatic heterocycles. The number of carbonyl (C=O) groups is 5. The SMILES string of the molecule is Cc1ccc(NC(=O)Nc2ccc(S(=O)(=O)c3ccc(NC(=O)Nc4ccc(C)c(NC(=O)Nc5ccc(S(=O)(=O)c6ccc(NC(=O)Nc7ccc(C)c(NC(=O)Oc8ccccc8)c7)cc6)cc5)c4)cc3)cc2)cc1NCOc1ccccc1. The molecule has 23 heteroatoms. The highest BCUT2D eigenvalue weighted by atomic mass is 32.2. The van der Waals surface area contributed by atoms with E-state index in [1.165, 1.54) is 103 Å². The molecule has 86 heavy (non-hydrogen) atoms. The van der Waals surface area contributed by atoms with Crippen LogP contribution in [0.1, 0.15) is 16.7 Å². The predicted octanol–water partition coefficient (Wildman–Crippen LogP) is 13.9. The second-order valence-corrected chi connectivity index (χ2v) is 23.0. The van der Waals surface area contributed by atoms with Crippen LogP contribution in [0.15, 0.2) is 232 Å². The number of amides is 9. The highest BCUT2D eigenvalue weighted by Crippen LogP contribution is 2.29. The van der Waals surface area contributed by atoms with Crippen molar-refractivity contribution >= 4 is 107 Å². The Morgan fingerprint density at radius 3 is 0.988 bits per heavy atom. The van der Waals surface area contributed by atoms with Crippen LogP contribution in [0.4, 0.5) is 80.8 Å². The average molecular weight is 1190 g/mol. The first-order valence-electron chi connectivity index (χ1n) is 26.3. The molecule has 436 valence electrons. The van der Waals surface area contributed by atoms with Gasteiger partial charge in [0.05, 0.1) is 19.6 Å². The summed E-state index contributed by atoms with van der Waals surface area (Å²) in [5, 5.41) is 27.5. The van der Waals surface area contributed by atoms with E-state index in [1.54, 1.807) is 86.6 Å². The molecule has 9 aromatic carbocycles. The van der Waals surface area contributed by atoms with E-state index in [1.807, 2.05) is 43.3 Å². The number of nitrogens with one attached hydrogen (secondary N) is 10. The molecule has 0 fully saturated rings. The van der Waals surface area contributed by atoms with Crippen LogP contribution in [0.2, 0.25) is 0 Å². The zero-order valence-corrected chi connectivity index (χ0v) is 47.9. The van der Waals surface area contributed by atoms with Gasteiger partial charge in [-0.3, -0.25) is 5.32 Å². The summed E-state index contributed by atoms with van der Waals surface area (Å²) in [6.07, 6.45) is -0.706. The van der Waals surface area contributed by atoms with Gasteiger partial charge in [-0.15, -0.1) is 0 Å². The summed E-state index contributed by atoms with van der Waals surface area (Å²) in [5.41, 5.74) is 6.30. The van der Waals surface area contributed by atoms with E-state index >= 15 is 0 Å². The Kier molecular flexibility index (Phi) is 18.5. The number of urea groups is 4. The van der Waals surface area contributed by atoms with Gasteiger partial charge in [-0.2, -0.15) is 0 Å². The summed E-state index contributed by atoms with van der Waals surface area (Å²) in [7, 11) is -8.02. The van der Waals surface area contributed by atoms with Crippen LogP contribution in [0.3, 0.4) is 0 Å². The number of aryl methyl sites for hydroxylation is 3. The van der Waals surface area contributed by atoms with E-state index in [2.05, 4.69) is 53.2 Å². The molecule has 9 rings (SSSR count). The van der Waals surface area contributed by atoms with Crippen molar-refractivity contribution in [3.63, 3.8) is 0 Å². The third kappa shape index (κ3) is 15.9. The van der Waals surface area contributed by atoms with Crippen LogP contribution in [0.5, 0.6) is 11.5 Å². The summed E-state index contributed by atoms with van der Waals surface area (Å²) in [6, 6.07) is 52.9. The molecular weight excluding hydrogens is 1140 g/mol. The minimum atomic E-state index is -4.02. The van der Waals surface area contributed by atoms with Gasteiger partial charge in [0.15, 0.2) is 6.73 Å². The second-order valence-electron chi connectivity index (χ2n) is 19.1. The Hall–Kier alpha value is -11.2. The largest absolute Gasteiger partial charge is 0.473 e. The van der Waals surface area contributed by atoms with Gasteiger partial charge in [0.25, 0.3) is 0 Å². The number of benzene rings is 9. The van der Waals surface area contributed by atoms with Gasteiger partial charge in [0.1, 0.15) is 11.5 Å². The van der Waals surface area contributed by atoms with Crippen molar-refractivity contribution in [3.8, 4) is 11.5 Å². The highest BCUT2D eigenvalue weighted by molar-refractivity contribution is 7.91. The standard InChI is InChI=1S/C63H56N10O11S2/c1-40-14-17-47(36-56(40)64-39-83-50-10-6-4-7-11-50)69-59(74)65-43-20-28-52(29-21-43)85(79,80)53-30-22-44(23-31-53)66-60(75)70-48-18-15-41(2)57(37-48)72-62(77)68-46-26-34-55(35-27-46)86(81,82)54-32-24-45(25-33-54)67-61(76)71-49-19-16-42(3)58(38-49)73-63(78)84-51-12-8-5-9-13-51/h4-38,64H,39H2,1-3H3,(H,73,78)(H2,65,69,74)(H2,66,70,75)(H2,67,71,76)(H2,68,72,77). The van der Waals surface area contributed by atoms with E-state index in [0.717, 1.165) is 16.8 Å². The lowest BCUT2D eigenvalue weighted by Gasteiger charge is -2.14. The predicted molar refractivity (Wildman–Crippen MR) is 332 cm³/mol. The fourth-order valence-corrected chi connectivity index (χ4v) is 10.8. The van der Waals surface area contributed by atoms with Crippen LogP contribution in [0.25, 0.3) is 0 Å². The molecule has 0 radical (unpaired) electrons. The Morgan fingerprint density at radius 2 is 0.616 bits per heavy atom. The first-order chi connectivity index (χ1) is 41.3. The molecule has 0 aromatic heterocycles. The number of ether oxygens (including phenoxy) is 2. The minimum absolute atomic E-state index is 0.0208. The summed E-state index contributed by atoms with van der Waals surface area (Å²) in [5.74, 6) is 1.08. The molecular formula is C63H56N10O11S2. The molecule has 0 saturated heterocycles. The van der Waals surface area contributed by atoms with Crippen molar-refractivity contribution in [2.75, 3.05) is 59.9 Å². The van der Waals surface area contributed by atoms with Crippen LogP contribution >= 0.6 is 0 Å². The molecule has 10 N–H and O–H groups in total.